The summed E-state index contributed by atoms with van der Waals surface area (Å²) in [4.78, 5) is 2.52. The van der Waals surface area contributed by atoms with Gasteiger partial charge in [0.1, 0.15) is 5.82 Å². The maximum Gasteiger partial charge on any atom is 0.145 e. The van der Waals surface area contributed by atoms with Gasteiger partial charge in [-0.15, -0.1) is 0 Å². The lowest BCUT2D eigenvalue weighted by molar-refractivity contribution is 0.268. The minimum absolute atomic E-state index is 0.645. The lowest BCUT2D eigenvalue weighted by Crippen LogP contribution is -2.25. The highest BCUT2D eigenvalue weighted by atomic mass is 15.3. The van der Waals surface area contributed by atoms with Crippen molar-refractivity contribution < 1.29 is 0 Å². The van der Waals surface area contributed by atoms with Crippen molar-refractivity contribution in [1.29, 1.82) is 0 Å². The highest BCUT2D eigenvalue weighted by Gasteiger charge is 2.12. The van der Waals surface area contributed by atoms with E-state index in [9.17, 15) is 0 Å². The lowest BCUT2D eigenvalue weighted by atomic mass is 10.2. The van der Waals surface area contributed by atoms with E-state index in [0.29, 0.717) is 5.82 Å². The molecule has 2 heterocycles. The van der Waals surface area contributed by atoms with Crippen molar-refractivity contribution in [2.75, 3.05) is 18.8 Å². The number of nitrogens with zero attached hydrogens (tertiary/aromatic N) is 3. The Labute approximate surface area is 97.4 Å². The maximum absolute atomic E-state index is 5.74. The van der Waals surface area contributed by atoms with Gasteiger partial charge < -0.3 is 5.73 Å². The first-order valence-electron chi connectivity index (χ1n) is 6.34. The van der Waals surface area contributed by atoms with Crippen LogP contribution < -0.4 is 5.73 Å². The van der Waals surface area contributed by atoms with Gasteiger partial charge in [-0.05, 0) is 32.9 Å². The van der Waals surface area contributed by atoms with Gasteiger partial charge in [0.15, 0.2) is 0 Å². The average molecular weight is 222 g/mol. The molecule has 0 amide bonds. The van der Waals surface area contributed by atoms with Crippen LogP contribution in [0.2, 0.25) is 0 Å². The number of hydrogen-bond donors (Lipinski definition) is 1. The summed E-state index contributed by atoms with van der Waals surface area (Å²) in [6, 6.07) is 2.01. The molecule has 1 aliphatic rings. The molecule has 0 unspecified atom stereocenters. The van der Waals surface area contributed by atoms with E-state index in [1.165, 1.54) is 44.5 Å². The Morgan fingerprint density at radius 3 is 2.56 bits per heavy atom. The van der Waals surface area contributed by atoms with Gasteiger partial charge in [0.2, 0.25) is 0 Å². The summed E-state index contributed by atoms with van der Waals surface area (Å²) in [5, 5.41) is 4.29. The average Bonchev–Trinajstić information content (AvgIpc) is 2.49. The zero-order valence-corrected chi connectivity index (χ0v) is 10.2. The number of likely N-dealkylation sites (tertiary alicyclic amines) is 1. The fraction of sp³-hybridized carbons (Fsp3) is 0.750. The van der Waals surface area contributed by atoms with Crippen LogP contribution in [0, 0.1) is 0 Å². The Morgan fingerprint density at radius 1 is 1.25 bits per heavy atom. The summed E-state index contributed by atoms with van der Waals surface area (Å²) in [5.41, 5.74) is 6.99. The Kier molecular flexibility index (Phi) is 3.83. The van der Waals surface area contributed by atoms with Crippen LogP contribution in [0.25, 0.3) is 0 Å². The third-order valence-corrected chi connectivity index (χ3v) is 3.27. The van der Waals surface area contributed by atoms with Crippen LogP contribution in [0.3, 0.4) is 0 Å². The second kappa shape index (κ2) is 5.34. The van der Waals surface area contributed by atoms with Gasteiger partial charge in [0.05, 0.1) is 5.69 Å². The molecule has 2 N–H and O–H groups in total. The Hall–Kier alpha value is -1.03. The normalized spacial score (nSPS) is 18.6. The zero-order valence-electron chi connectivity index (χ0n) is 10.2. The van der Waals surface area contributed by atoms with E-state index in [2.05, 4.69) is 16.9 Å². The van der Waals surface area contributed by atoms with Crippen molar-refractivity contribution in [3.63, 3.8) is 0 Å². The fourth-order valence-corrected chi connectivity index (χ4v) is 2.40. The van der Waals surface area contributed by atoms with Gasteiger partial charge >= 0.3 is 0 Å². The molecule has 16 heavy (non-hydrogen) atoms. The number of anilines is 1. The monoisotopic (exact) mass is 222 g/mol. The van der Waals surface area contributed by atoms with E-state index >= 15 is 0 Å². The Bertz CT molecular complexity index is 324. The van der Waals surface area contributed by atoms with Gasteiger partial charge in [0, 0.05) is 19.2 Å². The highest BCUT2D eigenvalue weighted by molar-refractivity contribution is 5.29. The minimum atomic E-state index is 0.645. The largest absolute Gasteiger partial charge is 0.382 e. The maximum atomic E-state index is 5.74. The standard InChI is InChI=1S/C12H22N4/c1-2-16-11(9-12(13)14-16)10-15-7-5-3-4-6-8-15/h9H,2-8,10H2,1H3,(H2,13,14). The van der Waals surface area contributed by atoms with Gasteiger partial charge in [-0.1, -0.05) is 12.8 Å². The van der Waals surface area contributed by atoms with Gasteiger partial charge in [-0.3, -0.25) is 9.58 Å². The third-order valence-electron chi connectivity index (χ3n) is 3.27. The van der Waals surface area contributed by atoms with Gasteiger partial charge in [0.25, 0.3) is 0 Å². The SMILES string of the molecule is CCn1nc(N)cc1CN1CCCCCC1. The topological polar surface area (TPSA) is 47.1 Å². The molecule has 0 aromatic carbocycles. The predicted molar refractivity (Wildman–Crippen MR) is 66.1 cm³/mol. The number of hydrogen-bond acceptors (Lipinski definition) is 3. The van der Waals surface area contributed by atoms with Gasteiger partial charge in [-0.2, -0.15) is 5.10 Å². The number of aromatic nitrogens is 2. The molecule has 4 heteroatoms. The van der Waals surface area contributed by atoms with Crippen LogP contribution >= 0.6 is 0 Å². The first-order chi connectivity index (χ1) is 7.79. The molecule has 0 radical (unpaired) electrons. The summed E-state index contributed by atoms with van der Waals surface area (Å²) in [5.74, 6) is 0.645. The van der Waals surface area contributed by atoms with E-state index in [1.54, 1.807) is 0 Å². The summed E-state index contributed by atoms with van der Waals surface area (Å²) in [6.45, 7) is 6.44. The lowest BCUT2D eigenvalue weighted by Gasteiger charge is -2.19. The van der Waals surface area contributed by atoms with Crippen LogP contribution in [-0.2, 0) is 13.1 Å². The number of rotatable bonds is 3. The highest BCUT2D eigenvalue weighted by Crippen LogP contribution is 2.14. The Balaban J connectivity index is 2.01. The van der Waals surface area contributed by atoms with E-state index in [1.807, 2.05) is 10.7 Å². The van der Waals surface area contributed by atoms with Crippen LogP contribution in [0.4, 0.5) is 5.82 Å². The molecule has 0 spiro atoms. The quantitative estimate of drug-likeness (QED) is 0.849. The van der Waals surface area contributed by atoms with Crippen LogP contribution in [0.1, 0.15) is 38.3 Å². The summed E-state index contributed by atoms with van der Waals surface area (Å²) in [7, 11) is 0. The second-order valence-corrected chi connectivity index (χ2v) is 4.57. The molecule has 1 aromatic heterocycles. The summed E-state index contributed by atoms with van der Waals surface area (Å²) < 4.78 is 2.01. The van der Waals surface area contributed by atoms with Crippen molar-refractivity contribution in [3.8, 4) is 0 Å². The first-order valence-corrected chi connectivity index (χ1v) is 6.34. The Morgan fingerprint density at radius 2 is 1.94 bits per heavy atom. The van der Waals surface area contributed by atoms with Crippen LogP contribution in [-0.4, -0.2) is 27.8 Å². The third kappa shape index (κ3) is 2.76. The number of nitrogen functional groups attached to an aromatic ring is 1. The molecule has 1 fully saturated rings. The van der Waals surface area contributed by atoms with Crippen molar-refractivity contribution in [2.45, 2.75) is 45.7 Å². The molecular weight excluding hydrogens is 200 g/mol. The number of aryl methyl sites for hydroxylation is 1. The predicted octanol–water partition coefficient (Wildman–Crippen LogP) is 1.86. The van der Waals surface area contributed by atoms with E-state index in [-0.39, 0.29) is 0 Å². The molecular formula is C12H22N4. The molecule has 0 saturated carbocycles. The molecule has 4 nitrogen and oxygen atoms in total. The molecule has 90 valence electrons. The van der Waals surface area contributed by atoms with Crippen molar-refractivity contribution in [3.05, 3.63) is 11.8 Å². The van der Waals surface area contributed by atoms with Crippen molar-refractivity contribution in [1.82, 2.24) is 14.7 Å². The molecule has 1 saturated heterocycles. The fourth-order valence-electron chi connectivity index (χ4n) is 2.40. The smallest absolute Gasteiger partial charge is 0.145 e. The van der Waals surface area contributed by atoms with E-state index in [0.717, 1.165) is 13.1 Å². The van der Waals surface area contributed by atoms with Crippen LogP contribution in [0.15, 0.2) is 6.07 Å². The molecule has 1 aliphatic heterocycles. The van der Waals surface area contributed by atoms with Crippen molar-refractivity contribution in [2.24, 2.45) is 0 Å². The van der Waals surface area contributed by atoms with E-state index < -0.39 is 0 Å². The minimum Gasteiger partial charge on any atom is -0.382 e. The zero-order chi connectivity index (χ0) is 11.4. The molecule has 1 aromatic rings. The second-order valence-electron chi connectivity index (χ2n) is 4.57. The summed E-state index contributed by atoms with van der Waals surface area (Å²) in [6.07, 6.45) is 5.42. The van der Waals surface area contributed by atoms with Crippen molar-refractivity contribution >= 4 is 5.82 Å². The van der Waals surface area contributed by atoms with Crippen LogP contribution in [0.5, 0.6) is 0 Å². The molecule has 0 bridgehead atoms. The van der Waals surface area contributed by atoms with E-state index in [4.69, 9.17) is 5.73 Å². The van der Waals surface area contributed by atoms with Gasteiger partial charge in [-0.25, -0.2) is 0 Å². The first kappa shape index (κ1) is 11.5. The molecule has 0 aliphatic carbocycles. The molecule has 2 rings (SSSR count). The number of nitrogens with two attached hydrogens (primary N) is 1. The molecule has 0 atom stereocenters. The summed E-state index contributed by atoms with van der Waals surface area (Å²) >= 11 is 0.